The zero-order chi connectivity index (χ0) is 24.8. The molecule has 1 heterocycles. The largest absolute Gasteiger partial charge is 0.392 e. The van der Waals surface area contributed by atoms with E-state index in [1.165, 1.54) is 11.3 Å². The summed E-state index contributed by atoms with van der Waals surface area (Å²) in [6.45, 7) is 12.3. The first-order chi connectivity index (χ1) is 15.2. The van der Waals surface area contributed by atoms with Crippen LogP contribution < -0.4 is 5.32 Å². The standard InChI is InChI=1S/C24H40N2O5S2/c1-14(22(28)25-10-11-31-7)16-8-9-24(6)12-17-20(15(2)19(24)21(16)27)26-18(32-17)13-33(29,30)23(3,4)5/h14-16,19,21,27H,8-13H2,1-7H3,(H,25,28)/t14-,15+,16+,19+,21-,24+/m0/s1. The number of nitrogens with zero attached hydrogens (tertiary/aromatic N) is 1. The van der Waals surface area contributed by atoms with Gasteiger partial charge in [-0.1, -0.05) is 20.8 Å². The van der Waals surface area contributed by atoms with Crippen LogP contribution in [0.4, 0.5) is 0 Å². The van der Waals surface area contributed by atoms with Crippen molar-refractivity contribution in [2.75, 3.05) is 20.3 Å². The highest BCUT2D eigenvalue weighted by Gasteiger charge is 2.54. The Labute approximate surface area is 202 Å². The fourth-order valence-corrected chi connectivity index (χ4v) is 8.36. The normalized spacial score (nSPS) is 30.9. The molecule has 0 bridgehead atoms. The number of amides is 1. The lowest BCUT2D eigenvalue weighted by molar-refractivity contribution is -0.135. The highest BCUT2D eigenvalue weighted by atomic mass is 32.2. The zero-order valence-electron chi connectivity index (χ0n) is 21.0. The lowest BCUT2D eigenvalue weighted by atomic mass is 9.53. The first-order valence-corrected chi connectivity index (χ1v) is 14.3. The van der Waals surface area contributed by atoms with E-state index in [2.05, 4.69) is 19.2 Å². The number of carbonyl (C=O) groups is 1. The van der Waals surface area contributed by atoms with E-state index >= 15 is 0 Å². The van der Waals surface area contributed by atoms with Gasteiger partial charge >= 0.3 is 0 Å². The molecule has 1 amide bonds. The van der Waals surface area contributed by atoms with Crippen molar-refractivity contribution in [2.45, 2.75) is 83.3 Å². The fourth-order valence-electron chi connectivity index (χ4n) is 5.67. The monoisotopic (exact) mass is 500 g/mol. The number of methoxy groups -OCH3 is 1. The van der Waals surface area contributed by atoms with Gasteiger partial charge in [-0.3, -0.25) is 4.79 Å². The number of thiazole rings is 1. The van der Waals surface area contributed by atoms with Gasteiger partial charge in [0.05, 0.1) is 23.2 Å². The minimum Gasteiger partial charge on any atom is -0.392 e. The van der Waals surface area contributed by atoms with E-state index in [0.717, 1.165) is 29.8 Å². The van der Waals surface area contributed by atoms with Gasteiger partial charge in [0.2, 0.25) is 5.91 Å². The predicted octanol–water partition coefficient (Wildman–Crippen LogP) is 3.31. The van der Waals surface area contributed by atoms with Crippen LogP contribution >= 0.6 is 11.3 Å². The number of rotatable bonds is 7. The Morgan fingerprint density at radius 3 is 2.67 bits per heavy atom. The third kappa shape index (κ3) is 5.16. The number of sulfone groups is 1. The second kappa shape index (κ2) is 9.55. The number of carbonyl (C=O) groups excluding carboxylic acids is 1. The van der Waals surface area contributed by atoms with Crippen LogP contribution in [0.3, 0.4) is 0 Å². The summed E-state index contributed by atoms with van der Waals surface area (Å²) in [4.78, 5) is 18.6. The number of aliphatic hydroxyl groups excluding tert-OH is 1. The van der Waals surface area contributed by atoms with Gasteiger partial charge in [-0.15, -0.1) is 11.3 Å². The Morgan fingerprint density at radius 2 is 2.06 bits per heavy atom. The van der Waals surface area contributed by atoms with Crippen molar-refractivity contribution in [3.63, 3.8) is 0 Å². The van der Waals surface area contributed by atoms with Crippen molar-refractivity contribution in [2.24, 2.45) is 23.2 Å². The SMILES string of the molecule is COCCNC(=O)[C@@H](C)[C@H]1CC[C@]2(C)Cc3sc(CS(=O)(=O)C(C)(C)C)nc3[C@H](C)[C@@H]2[C@H]1O. The molecule has 188 valence electrons. The molecule has 3 rings (SSSR count). The lowest BCUT2D eigenvalue weighted by Gasteiger charge is -2.53. The molecule has 0 spiro atoms. The minimum atomic E-state index is -3.31. The number of ether oxygens (including phenoxy) is 1. The van der Waals surface area contributed by atoms with Crippen LogP contribution in [0.25, 0.3) is 0 Å². The van der Waals surface area contributed by atoms with Gasteiger partial charge in [-0.2, -0.15) is 0 Å². The van der Waals surface area contributed by atoms with Crippen molar-refractivity contribution >= 4 is 27.1 Å². The number of fused-ring (bicyclic) bond motifs is 2. The van der Waals surface area contributed by atoms with E-state index in [4.69, 9.17) is 9.72 Å². The highest BCUT2D eigenvalue weighted by Crippen LogP contribution is 2.57. The molecule has 1 saturated carbocycles. The van der Waals surface area contributed by atoms with Gasteiger partial charge in [0.25, 0.3) is 0 Å². The summed E-state index contributed by atoms with van der Waals surface area (Å²) < 4.78 is 29.7. The molecule has 1 fully saturated rings. The van der Waals surface area contributed by atoms with Crippen LogP contribution in [0.15, 0.2) is 0 Å². The van der Waals surface area contributed by atoms with E-state index in [-0.39, 0.29) is 40.7 Å². The van der Waals surface area contributed by atoms with Crippen LogP contribution in [-0.4, -0.2) is 55.5 Å². The smallest absolute Gasteiger partial charge is 0.223 e. The molecule has 2 aliphatic rings. The maximum absolute atomic E-state index is 12.7. The molecule has 1 aromatic rings. The van der Waals surface area contributed by atoms with Crippen LogP contribution in [-0.2, 0) is 31.5 Å². The average Bonchev–Trinajstić information content (AvgIpc) is 3.08. The van der Waals surface area contributed by atoms with Crippen LogP contribution in [0.5, 0.6) is 0 Å². The second-order valence-electron chi connectivity index (χ2n) is 11.2. The second-order valence-corrected chi connectivity index (χ2v) is 15.1. The first kappa shape index (κ1) is 26.6. The van der Waals surface area contributed by atoms with E-state index in [9.17, 15) is 18.3 Å². The van der Waals surface area contributed by atoms with E-state index in [1.54, 1.807) is 27.9 Å². The van der Waals surface area contributed by atoms with Gasteiger partial charge in [-0.25, -0.2) is 13.4 Å². The number of aromatic nitrogens is 1. The van der Waals surface area contributed by atoms with Crippen molar-refractivity contribution in [3.8, 4) is 0 Å². The molecule has 0 aromatic carbocycles. The Hall–Kier alpha value is -1.03. The van der Waals surface area contributed by atoms with Crippen LogP contribution in [0, 0.1) is 23.2 Å². The van der Waals surface area contributed by atoms with E-state index in [0.29, 0.717) is 18.2 Å². The van der Waals surface area contributed by atoms with E-state index < -0.39 is 20.7 Å². The van der Waals surface area contributed by atoms with Crippen LogP contribution in [0.2, 0.25) is 0 Å². The third-order valence-corrected chi connectivity index (χ3v) is 11.6. The van der Waals surface area contributed by atoms with Crippen molar-refractivity contribution < 1.29 is 23.1 Å². The maximum Gasteiger partial charge on any atom is 0.223 e. The third-order valence-electron chi connectivity index (χ3n) is 7.87. The maximum atomic E-state index is 12.7. The Bertz CT molecular complexity index is 968. The van der Waals surface area contributed by atoms with Crippen molar-refractivity contribution in [3.05, 3.63) is 15.6 Å². The number of hydrogen-bond acceptors (Lipinski definition) is 7. The van der Waals surface area contributed by atoms with E-state index in [1.807, 2.05) is 6.92 Å². The lowest BCUT2D eigenvalue weighted by Crippen LogP contribution is -2.53. The summed E-state index contributed by atoms with van der Waals surface area (Å²) >= 11 is 1.51. The highest BCUT2D eigenvalue weighted by molar-refractivity contribution is 7.92. The summed E-state index contributed by atoms with van der Waals surface area (Å²) in [5.74, 6) is -0.527. The molecule has 7 nitrogen and oxygen atoms in total. The molecular formula is C24H40N2O5S2. The van der Waals surface area contributed by atoms with Gasteiger partial charge < -0.3 is 15.2 Å². The Balaban J connectivity index is 1.82. The number of aliphatic hydroxyl groups is 1. The quantitative estimate of drug-likeness (QED) is 0.557. The summed E-state index contributed by atoms with van der Waals surface area (Å²) in [6, 6.07) is 0. The molecule has 33 heavy (non-hydrogen) atoms. The molecular weight excluding hydrogens is 460 g/mol. The van der Waals surface area contributed by atoms with Crippen molar-refractivity contribution in [1.29, 1.82) is 0 Å². The molecule has 2 N–H and O–H groups in total. The van der Waals surface area contributed by atoms with Gasteiger partial charge in [0.1, 0.15) is 10.8 Å². The zero-order valence-corrected chi connectivity index (χ0v) is 22.6. The molecule has 1 aromatic heterocycles. The molecule has 0 radical (unpaired) electrons. The van der Waals surface area contributed by atoms with Crippen LogP contribution in [0.1, 0.15) is 75.9 Å². The first-order valence-electron chi connectivity index (χ1n) is 11.9. The average molecular weight is 501 g/mol. The molecule has 0 saturated heterocycles. The predicted molar refractivity (Wildman–Crippen MR) is 131 cm³/mol. The van der Waals surface area contributed by atoms with Gasteiger partial charge in [-0.05, 0) is 57.3 Å². The minimum absolute atomic E-state index is 0.00245. The van der Waals surface area contributed by atoms with Gasteiger partial charge in [0, 0.05) is 30.4 Å². The summed E-state index contributed by atoms with van der Waals surface area (Å²) in [5, 5.41) is 15.0. The molecule has 2 aliphatic carbocycles. The Morgan fingerprint density at radius 1 is 1.39 bits per heavy atom. The Kier molecular flexibility index (Phi) is 7.69. The van der Waals surface area contributed by atoms with Crippen molar-refractivity contribution in [1.82, 2.24) is 10.3 Å². The number of hydrogen-bond donors (Lipinski definition) is 2. The molecule has 9 heteroatoms. The topological polar surface area (TPSA) is 106 Å². The molecule has 0 unspecified atom stereocenters. The van der Waals surface area contributed by atoms with Gasteiger partial charge in [0.15, 0.2) is 9.84 Å². The summed E-state index contributed by atoms with van der Waals surface area (Å²) in [7, 11) is -1.71. The molecule has 6 atom stereocenters. The number of nitrogens with one attached hydrogen (secondary N) is 1. The fraction of sp³-hybridized carbons (Fsp3) is 0.833. The summed E-state index contributed by atoms with van der Waals surface area (Å²) in [6.07, 6.45) is 1.90. The molecule has 0 aliphatic heterocycles. The summed E-state index contributed by atoms with van der Waals surface area (Å²) in [5.41, 5.74) is 0.833.